The van der Waals surface area contributed by atoms with Crippen molar-refractivity contribution in [2.45, 2.75) is 39.1 Å². The van der Waals surface area contributed by atoms with Gasteiger partial charge in [0.05, 0.1) is 0 Å². The van der Waals surface area contributed by atoms with Gasteiger partial charge >= 0.3 is 0 Å². The molecule has 0 aromatic heterocycles. The molecule has 0 fully saturated rings. The van der Waals surface area contributed by atoms with Crippen molar-refractivity contribution in [3.63, 3.8) is 0 Å². The zero-order valence-corrected chi connectivity index (χ0v) is 13.9. The molecule has 1 aromatic rings. The second-order valence-electron chi connectivity index (χ2n) is 4.23. The van der Waals surface area contributed by atoms with E-state index >= 15 is 0 Å². The Morgan fingerprint density at radius 3 is 2.16 bits per heavy atom. The summed E-state index contributed by atoms with van der Waals surface area (Å²) in [5.74, 6) is -1.10. The van der Waals surface area contributed by atoms with E-state index in [-0.39, 0.29) is 5.82 Å². The number of ether oxygens (including phenoxy) is 2. The lowest BCUT2D eigenvalue weighted by atomic mass is 10.1. The van der Waals surface area contributed by atoms with Gasteiger partial charge in [0.2, 0.25) is 0 Å². The molecule has 0 aliphatic rings. The van der Waals surface area contributed by atoms with Gasteiger partial charge in [-0.15, -0.1) is 0 Å². The lowest BCUT2D eigenvalue weighted by molar-refractivity contribution is -0.343. The van der Waals surface area contributed by atoms with Crippen LogP contribution in [0.15, 0.2) is 24.3 Å². The molecule has 19 heavy (non-hydrogen) atoms. The van der Waals surface area contributed by atoms with E-state index in [0.717, 1.165) is 18.4 Å². The van der Waals surface area contributed by atoms with Crippen LogP contribution in [0.2, 0.25) is 0 Å². The van der Waals surface area contributed by atoms with Gasteiger partial charge in [0.25, 0.3) is 5.97 Å². The van der Waals surface area contributed by atoms with E-state index in [1.807, 2.05) is 13.8 Å². The number of benzene rings is 1. The predicted molar refractivity (Wildman–Crippen MR) is 76.3 cm³/mol. The van der Waals surface area contributed by atoms with Crippen LogP contribution in [0.1, 0.15) is 32.3 Å². The Balaban J connectivity index is 2.49. The van der Waals surface area contributed by atoms with Crippen molar-refractivity contribution in [3.05, 3.63) is 35.6 Å². The van der Waals surface area contributed by atoms with Gasteiger partial charge in [-0.2, -0.15) is 0 Å². The van der Waals surface area contributed by atoms with Crippen molar-refractivity contribution in [1.29, 1.82) is 0 Å². The average molecular weight is 286 g/mol. The highest BCUT2D eigenvalue weighted by molar-refractivity contribution is 5.98. The molecular formula is C14H23FO3Si. The second-order valence-corrected chi connectivity index (χ2v) is 4.64. The van der Waals surface area contributed by atoms with Crippen LogP contribution >= 0.6 is 0 Å². The Labute approximate surface area is 117 Å². The minimum Gasteiger partial charge on any atom is -0.380 e. The Bertz CT molecular complexity index is 350. The van der Waals surface area contributed by atoms with Crippen molar-refractivity contribution < 1.29 is 18.3 Å². The Kier molecular flexibility index (Phi) is 7.23. The molecule has 108 valence electrons. The SMILES string of the molecule is CCOC(CCCc1ccc(F)cc1)(O[SiH3])OCC. The van der Waals surface area contributed by atoms with Crippen LogP contribution in [0.4, 0.5) is 4.39 Å². The van der Waals surface area contributed by atoms with Crippen molar-refractivity contribution in [2.75, 3.05) is 13.2 Å². The van der Waals surface area contributed by atoms with E-state index < -0.39 is 5.97 Å². The molecule has 0 amide bonds. The third kappa shape index (κ3) is 5.40. The van der Waals surface area contributed by atoms with E-state index in [0.29, 0.717) is 30.1 Å². The molecule has 0 aliphatic heterocycles. The highest BCUT2D eigenvalue weighted by Crippen LogP contribution is 2.22. The summed E-state index contributed by atoms with van der Waals surface area (Å²) >= 11 is 0. The van der Waals surface area contributed by atoms with Crippen LogP contribution < -0.4 is 0 Å². The van der Waals surface area contributed by atoms with Crippen LogP contribution in [0.3, 0.4) is 0 Å². The molecule has 1 aromatic carbocycles. The fourth-order valence-corrected chi connectivity index (χ4v) is 2.45. The van der Waals surface area contributed by atoms with E-state index in [4.69, 9.17) is 13.9 Å². The number of rotatable bonds is 9. The molecule has 0 unspecified atom stereocenters. The van der Waals surface area contributed by atoms with Gasteiger partial charge < -0.3 is 13.9 Å². The van der Waals surface area contributed by atoms with Gasteiger partial charge in [0.1, 0.15) is 5.82 Å². The molecule has 5 heteroatoms. The molecule has 0 radical (unpaired) electrons. The molecule has 3 nitrogen and oxygen atoms in total. The summed E-state index contributed by atoms with van der Waals surface area (Å²) in [6.45, 7) is 4.96. The maximum Gasteiger partial charge on any atom is 0.272 e. The van der Waals surface area contributed by atoms with Gasteiger partial charge in [0.15, 0.2) is 10.5 Å². The first-order chi connectivity index (χ1) is 9.15. The fraction of sp³-hybridized carbons (Fsp3) is 0.571. The molecule has 0 atom stereocenters. The van der Waals surface area contributed by atoms with Crippen LogP contribution in [0.25, 0.3) is 0 Å². The molecular weight excluding hydrogens is 263 g/mol. The minimum absolute atomic E-state index is 0.204. The van der Waals surface area contributed by atoms with E-state index in [1.165, 1.54) is 12.1 Å². The summed E-state index contributed by atoms with van der Waals surface area (Å²) in [5.41, 5.74) is 1.11. The lowest BCUT2D eigenvalue weighted by Crippen LogP contribution is -2.38. The predicted octanol–water partition coefficient (Wildman–Crippen LogP) is 2.17. The highest BCUT2D eigenvalue weighted by atomic mass is 28.2. The van der Waals surface area contributed by atoms with E-state index in [1.54, 1.807) is 12.1 Å². The smallest absolute Gasteiger partial charge is 0.272 e. The van der Waals surface area contributed by atoms with Crippen molar-refractivity contribution in [2.24, 2.45) is 0 Å². The first-order valence-electron chi connectivity index (χ1n) is 6.73. The molecule has 0 bridgehead atoms. The zero-order valence-electron chi connectivity index (χ0n) is 11.9. The van der Waals surface area contributed by atoms with Crippen LogP contribution in [-0.4, -0.2) is 29.7 Å². The summed E-state index contributed by atoms with van der Waals surface area (Å²) in [5, 5.41) is 0. The molecule has 0 saturated heterocycles. The quantitative estimate of drug-likeness (QED) is 0.514. The third-order valence-electron chi connectivity index (χ3n) is 2.90. The fourth-order valence-electron chi connectivity index (χ4n) is 2.01. The van der Waals surface area contributed by atoms with Gasteiger partial charge in [-0.05, 0) is 44.4 Å². The Morgan fingerprint density at radius 1 is 1.11 bits per heavy atom. The Hall–Kier alpha value is -0.753. The first kappa shape index (κ1) is 16.3. The topological polar surface area (TPSA) is 27.7 Å². The second kappa shape index (κ2) is 8.42. The molecule has 0 spiro atoms. The highest BCUT2D eigenvalue weighted by Gasteiger charge is 2.29. The third-order valence-corrected chi connectivity index (χ3v) is 3.52. The first-order valence-corrected chi connectivity index (χ1v) is 7.55. The maximum atomic E-state index is 12.8. The molecule has 0 N–H and O–H groups in total. The summed E-state index contributed by atoms with van der Waals surface area (Å²) in [6, 6.07) is 6.58. The normalized spacial score (nSPS) is 11.9. The minimum atomic E-state index is -0.893. The number of hydrogen-bond acceptors (Lipinski definition) is 3. The summed E-state index contributed by atoms with van der Waals surface area (Å²) in [6.07, 6.45) is 2.40. The van der Waals surface area contributed by atoms with Crippen molar-refractivity contribution in [3.8, 4) is 0 Å². The van der Waals surface area contributed by atoms with Crippen molar-refractivity contribution >= 4 is 10.5 Å². The van der Waals surface area contributed by atoms with Crippen LogP contribution in [0.5, 0.6) is 0 Å². The van der Waals surface area contributed by atoms with Crippen LogP contribution in [-0.2, 0) is 20.3 Å². The number of hydrogen-bond donors (Lipinski definition) is 0. The summed E-state index contributed by atoms with van der Waals surface area (Å²) in [7, 11) is 0.561. The molecule has 0 heterocycles. The standard InChI is InChI=1S/C14H23FO3Si/c1-3-16-14(18-19,17-4-2)11-5-6-12-7-9-13(15)10-8-12/h7-10H,3-6,11H2,1-2,19H3. The van der Waals surface area contributed by atoms with Crippen molar-refractivity contribution in [1.82, 2.24) is 0 Å². The number of aryl methyl sites for hydroxylation is 1. The van der Waals surface area contributed by atoms with Gasteiger partial charge in [-0.1, -0.05) is 12.1 Å². The zero-order chi connectivity index (χ0) is 14.1. The Morgan fingerprint density at radius 2 is 1.68 bits per heavy atom. The summed E-state index contributed by atoms with van der Waals surface area (Å²) < 4.78 is 29.5. The molecule has 0 aliphatic carbocycles. The lowest BCUT2D eigenvalue weighted by Gasteiger charge is -2.31. The molecule has 1 rings (SSSR count). The van der Waals surface area contributed by atoms with Gasteiger partial charge in [0, 0.05) is 19.6 Å². The molecule has 0 saturated carbocycles. The summed E-state index contributed by atoms with van der Waals surface area (Å²) in [4.78, 5) is 0. The largest absolute Gasteiger partial charge is 0.380 e. The monoisotopic (exact) mass is 286 g/mol. The van der Waals surface area contributed by atoms with E-state index in [9.17, 15) is 4.39 Å². The van der Waals surface area contributed by atoms with Crippen LogP contribution in [0, 0.1) is 5.82 Å². The van der Waals surface area contributed by atoms with Gasteiger partial charge in [-0.3, -0.25) is 0 Å². The maximum absolute atomic E-state index is 12.8. The number of halogens is 1. The van der Waals surface area contributed by atoms with E-state index in [2.05, 4.69) is 0 Å². The average Bonchev–Trinajstić information content (AvgIpc) is 2.41. The van der Waals surface area contributed by atoms with Gasteiger partial charge in [-0.25, -0.2) is 4.39 Å².